The van der Waals surface area contributed by atoms with Crippen LogP contribution >= 0.6 is 11.3 Å². The van der Waals surface area contributed by atoms with Crippen molar-refractivity contribution < 1.29 is 42.1 Å². The summed E-state index contributed by atoms with van der Waals surface area (Å²) in [6.45, 7) is 6.91. The number of benzene rings is 2. The minimum atomic E-state index is -4.51. The zero-order valence-electron chi connectivity index (χ0n) is 23.5. The molecule has 0 radical (unpaired) electrons. The van der Waals surface area contributed by atoms with E-state index in [9.17, 15) is 32.7 Å². The molecule has 12 heteroatoms. The van der Waals surface area contributed by atoms with E-state index in [1.54, 1.807) is 70.2 Å². The van der Waals surface area contributed by atoms with E-state index in [1.807, 2.05) is 0 Å². The number of amides is 2. The molecule has 0 fully saturated rings. The van der Waals surface area contributed by atoms with Crippen molar-refractivity contribution >= 4 is 35.0 Å². The third-order valence-corrected chi connectivity index (χ3v) is 7.68. The molecule has 224 valence electrons. The van der Waals surface area contributed by atoms with E-state index in [0.29, 0.717) is 45.2 Å². The number of rotatable bonds is 8. The number of fused-ring (bicyclic) bond motifs is 1. The van der Waals surface area contributed by atoms with Gasteiger partial charge < -0.3 is 24.8 Å². The first-order chi connectivity index (χ1) is 19.6. The van der Waals surface area contributed by atoms with Gasteiger partial charge in [-0.3, -0.25) is 9.59 Å². The van der Waals surface area contributed by atoms with Crippen molar-refractivity contribution in [2.24, 2.45) is 0 Å². The number of aliphatic carboxylic acids is 1. The third kappa shape index (κ3) is 7.22. The summed E-state index contributed by atoms with van der Waals surface area (Å²) in [6, 6.07) is 11.8. The number of carboxylic acid groups (broad SMARTS) is 1. The molecule has 0 aliphatic carbocycles. The van der Waals surface area contributed by atoms with Crippen molar-refractivity contribution in [3.05, 3.63) is 69.4 Å². The van der Waals surface area contributed by atoms with Gasteiger partial charge in [0, 0.05) is 22.7 Å². The SMILES string of the molecule is Cc1c(OCc2cc(-c3ccccc3)c(C(F)(F)F)s2)ccc2c1CCN2C(=O)[C@@H](CC(=O)O)NC(=O)OC(C)(C)C. The molecule has 0 unspecified atom stereocenters. The van der Waals surface area contributed by atoms with Crippen molar-refractivity contribution in [1.82, 2.24) is 5.32 Å². The fraction of sp³-hybridized carbons (Fsp3) is 0.367. The highest BCUT2D eigenvalue weighted by molar-refractivity contribution is 7.12. The summed E-state index contributed by atoms with van der Waals surface area (Å²) in [5.41, 5.74) is 1.78. The second kappa shape index (κ2) is 12.0. The van der Waals surface area contributed by atoms with Gasteiger partial charge in [0.2, 0.25) is 5.91 Å². The second-order valence-electron chi connectivity index (χ2n) is 10.8. The predicted molar refractivity (Wildman–Crippen MR) is 152 cm³/mol. The van der Waals surface area contributed by atoms with E-state index in [2.05, 4.69) is 5.32 Å². The molecule has 0 saturated heterocycles. The van der Waals surface area contributed by atoms with Crippen LogP contribution < -0.4 is 15.0 Å². The quantitative estimate of drug-likeness (QED) is 0.301. The van der Waals surface area contributed by atoms with Crippen LogP contribution in [0.15, 0.2) is 48.5 Å². The Labute approximate surface area is 245 Å². The molecule has 1 atom stereocenters. The fourth-order valence-corrected chi connectivity index (χ4v) is 5.70. The lowest BCUT2D eigenvalue weighted by atomic mass is 10.0. The van der Waals surface area contributed by atoms with E-state index in [0.717, 1.165) is 5.56 Å². The van der Waals surface area contributed by atoms with Gasteiger partial charge in [-0.05, 0) is 69.0 Å². The number of halogens is 3. The molecule has 4 rings (SSSR count). The average Bonchev–Trinajstić information content (AvgIpc) is 3.52. The predicted octanol–water partition coefficient (Wildman–Crippen LogP) is 6.58. The largest absolute Gasteiger partial charge is 0.488 e. The number of nitrogens with one attached hydrogen (secondary N) is 1. The summed E-state index contributed by atoms with van der Waals surface area (Å²) in [4.78, 5) is 38.2. The number of hydrogen-bond donors (Lipinski definition) is 2. The molecule has 2 amide bonds. The van der Waals surface area contributed by atoms with Crippen LogP contribution in [0.25, 0.3) is 11.1 Å². The zero-order valence-corrected chi connectivity index (χ0v) is 24.3. The Kier molecular flexibility index (Phi) is 8.86. The highest BCUT2D eigenvalue weighted by atomic mass is 32.1. The molecular weight excluding hydrogens is 573 g/mol. The molecule has 1 aliphatic rings. The van der Waals surface area contributed by atoms with Crippen LogP contribution in [-0.2, 0) is 33.5 Å². The number of carbonyl (C=O) groups excluding carboxylic acids is 2. The number of hydrogen-bond acceptors (Lipinski definition) is 6. The standard InChI is InChI=1S/C30H31F3N2O6S/c1-17-20-12-13-35(27(38)22(15-25(36)37)34-28(39)41-29(2,3)4)23(20)10-11-24(17)40-16-19-14-21(18-8-6-5-7-9-18)26(42-19)30(31,32)33/h5-11,14,22H,12-13,15-16H2,1-4H3,(H,34,39)(H,36,37)/t22-/m1/s1. The summed E-state index contributed by atoms with van der Waals surface area (Å²) in [7, 11) is 0. The molecule has 1 aliphatic heterocycles. The number of thiophene rings is 1. The Hall–Kier alpha value is -4.06. The number of anilines is 1. The Morgan fingerprint density at radius 1 is 1.10 bits per heavy atom. The highest BCUT2D eigenvalue weighted by Gasteiger charge is 2.37. The lowest BCUT2D eigenvalue weighted by Crippen LogP contribution is -2.50. The van der Waals surface area contributed by atoms with E-state index in [4.69, 9.17) is 9.47 Å². The fourth-order valence-electron chi connectivity index (χ4n) is 4.74. The van der Waals surface area contributed by atoms with Gasteiger partial charge in [-0.1, -0.05) is 30.3 Å². The zero-order chi connectivity index (χ0) is 30.8. The maximum absolute atomic E-state index is 13.8. The maximum Gasteiger partial charge on any atom is 0.426 e. The van der Waals surface area contributed by atoms with Crippen LogP contribution in [0.4, 0.5) is 23.7 Å². The Morgan fingerprint density at radius 3 is 2.40 bits per heavy atom. The van der Waals surface area contributed by atoms with Gasteiger partial charge in [0.15, 0.2) is 0 Å². The Morgan fingerprint density at radius 2 is 1.79 bits per heavy atom. The number of carbonyl (C=O) groups is 3. The summed E-state index contributed by atoms with van der Waals surface area (Å²) >= 11 is 0.637. The summed E-state index contributed by atoms with van der Waals surface area (Å²) in [5.74, 6) is -1.40. The van der Waals surface area contributed by atoms with Crippen LogP contribution in [0, 0.1) is 6.92 Å². The third-order valence-electron chi connectivity index (χ3n) is 6.53. The summed E-state index contributed by atoms with van der Waals surface area (Å²) < 4.78 is 52.5. The number of ether oxygens (including phenoxy) is 2. The normalized spacial score (nSPS) is 13.8. The molecule has 2 heterocycles. The van der Waals surface area contributed by atoms with Crippen molar-refractivity contribution in [3.63, 3.8) is 0 Å². The average molecular weight is 605 g/mol. The molecule has 2 aromatic carbocycles. The first kappa shape index (κ1) is 30.9. The second-order valence-corrected chi connectivity index (χ2v) is 12.0. The molecular formula is C30H31F3N2O6S. The molecule has 0 saturated carbocycles. The van der Waals surface area contributed by atoms with Gasteiger partial charge >= 0.3 is 18.2 Å². The smallest absolute Gasteiger partial charge is 0.426 e. The molecule has 3 aromatic rings. The van der Waals surface area contributed by atoms with E-state index in [1.165, 1.54) is 11.0 Å². The molecule has 8 nitrogen and oxygen atoms in total. The minimum Gasteiger partial charge on any atom is -0.488 e. The van der Waals surface area contributed by atoms with Gasteiger partial charge in [0.05, 0.1) is 6.42 Å². The first-order valence-electron chi connectivity index (χ1n) is 13.2. The summed E-state index contributed by atoms with van der Waals surface area (Å²) in [5, 5.41) is 11.7. The first-order valence-corrected chi connectivity index (χ1v) is 14.0. The topological polar surface area (TPSA) is 105 Å². The number of nitrogens with zero attached hydrogens (tertiary/aromatic N) is 1. The lowest BCUT2D eigenvalue weighted by Gasteiger charge is -2.26. The minimum absolute atomic E-state index is 0.0800. The number of alkyl halides is 3. The van der Waals surface area contributed by atoms with Crippen LogP contribution in [0.2, 0.25) is 0 Å². The van der Waals surface area contributed by atoms with Crippen molar-refractivity contribution in [3.8, 4) is 16.9 Å². The van der Waals surface area contributed by atoms with Crippen molar-refractivity contribution in [1.29, 1.82) is 0 Å². The molecule has 0 spiro atoms. The van der Waals surface area contributed by atoms with Gasteiger partial charge in [-0.15, -0.1) is 11.3 Å². The van der Waals surface area contributed by atoms with E-state index in [-0.39, 0.29) is 18.7 Å². The van der Waals surface area contributed by atoms with Crippen molar-refractivity contribution in [2.45, 2.75) is 65.0 Å². The van der Waals surface area contributed by atoms with Crippen LogP contribution in [-0.4, -0.2) is 41.3 Å². The van der Waals surface area contributed by atoms with Gasteiger partial charge in [-0.25, -0.2) is 4.79 Å². The molecule has 0 bridgehead atoms. The van der Waals surface area contributed by atoms with Gasteiger partial charge in [-0.2, -0.15) is 13.2 Å². The Balaban J connectivity index is 1.52. The molecule has 42 heavy (non-hydrogen) atoms. The van der Waals surface area contributed by atoms with Gasteiger partial charge in [0.25, 0.3) is 0 Å². The van der Waals surface area contributed by atoms with Crippen LogP contribution in [0.5, 0.6) is 5.75 Å². The molecule has 1 aromatic heterocycles. The highest BCUT2D eigenvalue weighted by Crippen LogP contribution is 2.43. The monoisotopic (exact) mass is 604 g/mol. The summed E-state index contributed by atoms with van der Waals surface area (Å²) in [6.07, 6.45) is -5.59. The van der Waals surface area contributed by atoms with Crippen molar-refractivity contribution in [2.75, 3.05) is 11.4 Å². The van der Waals surface area contributed by atoms with Crippen LogP contribution in [0.1, 0.15) is 48.1 Å². The van der Waals surface area contributed by atoms with Crippen LogP contribution in [0.3, 0.4) is 0 Å². The van der Waals surface area contributed by atoms with Gasteiger partial charge in [0.1, 0.15) is 28.9 Å². The molecule has 2 N–H and O–H groups in total. The van der Waals surface area contributed by atoms with E-state index >= 15 is 0 Å². The number of alkyl carbamates (subject to hydrolysis) is 1. The van der Waals surface area contributed by atoms with E-state index < -0.39 is 47.1 Å². The Bertz CT molecular complexity index is 1480. The maximum atomic E-state index is 13.8. The number of carboxylic acids is 1. The lowest BCUT2D eigenvalue weighted by molar-refractivity contribution is -0.139.